The molecule has 0 heterocycles. The van der Waals surface area contributed by atoms with Crippen LogP contribution in [-0.2, 0) is 9.68 Å². The van der Waals surface area contributed by atoms with Gasteiger partial charge in [-0.15, -0.1) is 0 Å². The number of benzene rings is 2. The number of allylic oxidation sites excluding steroid dienone is 4. The molecular formula is C26H26N2O10. The summed E-state index contributed by atoms with van der Waals surface area (Å²) in [5.41, 5.74) is 0.934. The zero-order valence-electron chi connectivity index (χ0n) is 21.6. The minimum absolute atomic E-state index is 0.147. The Balaban J connectivity index is 1.66. The Labute approximate surface area is 218 Å². The van der Waals surface area contributed by atoms with E-state index in [1.807, 2.05) is 0 Å². The van der Waals surface area contributed by atoms with Gasteiger partial charge in [-0.3, -0.25) is 0 Å². The quantitative estimate of drug-likeness (QED) is 0.257. The van der Waals surface area contributed by atoms with Gasteiger partial charge < -0.3 is 38.1 Å². The van der Waals surface area contributed by atoms with Crippen molar-refractivity contribution >= 4 is 23.4 Å². The summed E-state index contributed by atoms with van der Waals surface area (Å²) in [6.45, 7) is 0. The number of oxime groups is 2. The van der Waals surface area contributed by atoms with E-state index >= 15 is 0 Å². The molecule has 0 radical (unpaired) electrons. The third kappa shape index (κ3) is 6.22. The molecule has 0 bridgehead atoms. The molecule has 0 fully saturated rings. The number of methoxy groups -OCH3 is 6. The van der Waals surface area contributed by atoms with E-state index in [4.69, 9.17) is 38.1 Å². The van der Waals surface area contributed by atoms with Crippen molar-refractivity contribution in [1.29, 1.82) is 0 Å². The minimum atomic E-state index is -0.739. The Hall–Kier alpha value is -5.00. The van der Waals surface area contributed by atoms with Crippen molar-refractivity contribution in [3.63, 3.8) is 0 Å². The summed E-state index contributed by atoms with van der Waals surface area (Å²) in [6, 6.07) is 5.79. The van der Waals surface area contributed by atoms with Crippen LogP contribution in [0.5, 0.6) is 34.5 Å². The van der Waals surface area contributed by atoms with Gasteiger partial charge in [-0.1, -0.05) is 10.3 Å². The maximum Gasteiger partial charge on any atom is 0.366 e. The van der Waals surface area contributed by atoms with Gasteiger partial charge >= 0.3 is 11.9 Å². The number of hydrogen-bond donors (Lipinski definition) is 0. The fraction of sp³-hybridized carbons (Fsp3) is 0.231. The highest BCUT2D eigenvalue weighted by atomic mass is 16.7. The van der Waals surface area contributed by atoms with Gasteiger partial charge in [-0.2, -0.15) is 0 Å². The molecule has 0 atom stereocenters. The van der Waals surface area contributed by atoms with Crippen LogP contribution in [0, 0.1) is 0 Å². The molecule has 38 heavy (non-hydrogen) atoms. The molecule has 12 heteroatoms. The van der Waals surface area contributed by atoms with E-state index in [9.17, 15) is 9.59 Å². The van der Waals surface area contributed by atoms with Gasteiger partial charge in [0.1, 0.15) is 11.4 Å². The molecule has 12 nitrogen and oxygen atoms in total. The molecular weight excluding hydrogens is 500 g/mol. The summed E-state index contributed by atoms with van der Waals surface area (Å²) in [7, 11) is 8.66. The molecule has 0 spiro atoms. The molecule has 0 unspecified atom stereocenters. The van der Waals surface area contributed by atoms with Crippen LogP contribution in [0.4, 0.5) is 0 Å². The molecule has 0 saturated carbocycles. The number of hydrogen-bond acceptors (Lipinski definition) is 12. The zero-order chi connectivity index (χ0) is 27.7. The molecule has 0 amide bonds. The van der Waals surface area contributed by atoms with Crippen LogP contribution in [0.2, 0.25) is 0 Å². The third-order valence-electron chi connectivity index (χ3n) is 5.12. The first kappa shape index (κ1) is 27.6. The summed E-state index contributed by atoms with van der Waals surface area (Å²) in [5, 5.41) is 7.65. The first-order valence-corrected chi connectivity index (χ1v) is 10.9. The SMILES string of the molecule is COc1cc(C(=O)ON=C2C=CC(=NOC(=O)c3cc(OC)c(OC)c(OC)c3)C=C2)cc(OC)c1OC. The largest absolute Gasteiger partial charge is 0.493 e. The second-order valence-corrected chi connectivity index (χ2v) is 7.28. The summed E-state index contributed by atoms with van der Waals surface area (Å²) in [4.78, 5) is 35.0. The Bertz CT molecular complexity index is 1160. The van der Waals surface area contributed by atoms with E-state index in [2.05, 4.69) is 10.3 Å². The molecule has 3 rings (SSSR count). The van der Waals surface area contributed by atoms with Crippen molar-refractivity contribution in [2.75, 3.05) is 42.7 Å². The highest BCUT2D eigenvalue weighted by Crippen LogP contribution is 2.39. The van der Waals surface area contributed by atoms with Crippen molar-refractivity contribution in [3.8, 4) is 34.5 Å². The number of rotatable bonds is 10. The summed E-state index contributed by atoms with van der Waals surface area (Å²) >= 11 is 0. The van der Waals surface area contributed by atoms with E-state index in [1.165, 1.54) is 91.2 Å². The number of ether oxygens (including phenoxy) is 6. The molecule has 2 aromatic rings. The molecule has 2 aromatic carbocycles. The molecule has 0 aliphatic heterocycles. The van der Waals surface area contributed by atoms with Crippen LogP contribution >= 0.6 is 0 Å². The Morgan fingerprint density at radius 1 is 0.500 bits per heavy atom. The Kier molecular flexibility index (Phi) is 9.30. The van der Waals surface area contributed by atoms with Gasteiger partial charge in [0.25, 0.3) is 0 Å². The lowest BCUT2D eigenvalue weighted by Gasteiger charge is -2.13. The van der Waals surface area contributed by atoms with E-state index in [0.29, 0.717) is 45.9 Å². The average molecular weight is 526 g/mol. The minimum Gasteiger partial charge on any atom is -0.493 e. The van der Waals surface area contributed by atoms with Crippen LogP contribution in [0.25, 0.3) is 0 Å². The second kappa shape index (κ2) is 12.8. The van der Waals surface area contributed by atoms with Gasteiger partial charge in [-0.25, -0.2) is 9.59 Å². The number of carbonyl (C=O) groups excluding carboxylic acids is 2. The van der Waals surface area contributed by atoms with Gasteiger partial charge in [0.2, 0.25) is 11.5 Å². The summed E-state index contributed by atoms with van der Waals surface area (Å²) < 4.78 is 31.4. The smallest absolute Gasteiger partial charge is 0.366 e. The Morgan fingerprint density at radius 3 is 1.03 bits per heavy atom. The van der Waals surface area contributed by atoms with E-state index in [-0.39, 0.29) is 11.1 Å². The van der Waals surface area contributed by atoms with Crippen molar-refractivity contribution in [2.24, 2.45) is 10.3 Å². The first-order chi connectivity index (χ1) is 18.4. The fourth-order valence-corrected chi connectivity index (χ4v) is 3.27. The third-order valence-corrected chi connectivity index (χ3v) is 5.12. The van der Waals surface area contributed by atoms with Gasteiger partial charge in [0.15, 0.2) is 23.0 Å². The van der Waals surface area contributed by atoms with E-state index in [1.54, 1.807) is 0 Å². The lowest BCUT2D eigenvalue weighted by molar-refractivity contribution is 0.0507. The van der Waals surface area contributed by atoms with Gasteiger partial charge in [0.05, 0.1) is 53.8 Å². The zero-order valence-corrected chi connectivity index (χ0v) is 21.6. The number of carbonyl (C=O) groups is 2. The van der Waals surface area contributed by atoms with Crippen molar-refractivity contribution in [1.82, 2.24) is 0 Å². The standard InChI is InChI=1S/C26H26N2O10/c1-31-19-11-15(12-20(32-2)23(19)35-5)25(29)37-27-17-7-9-18(10-8-17)28-38-26(30)16-13-21(33-3)24(36-6)22(14-16)34-4/h7-14H,1-6H3. The Morgan fingerprint density at radius 2 is 0.789 bits per heavy atom. The van der Waals surface area contributed by atoms with Crippen molar-refractivity contribution < 1.29 is 47.7 Å². The van der Waals surface area contributed by atoms with E-state index < -0.39 is 11.9 Å². The monoisotopic (exact) mass is 526 g/mol. The lowest BCUT2D eigenvalue weighted by atomic mass is 10.1. The fourth-order valence-electron chi connectivity index (χ4n) is 3.27. The van der Waals surface area contributed by atoms with Crippen molar-refractivity contribution in [2.45, 2.75) is 0 Å². The molecule has 1 aliphatic rings. The van der Waals surface area contributed by atoms with Crippen molar-refractivity contribution in [3.05, 3.63) is 59.7 Å². The van der Waals surface area contributed by atoms with Crippen LogP contribution in [-0.4, -0.2) is 66.0 Å². The van der Waals surface area contributed by atoms with Crippen LogP contribution in [0.3, 0.4) is 0 Å². The molecule has 200 valence electrons. The molecule has 0 aromatic heterocycles. The maximum absolute atomic E-state index is 12.5. The van der Waals surface area contributed by atoms with Crippen LogP contribution in [0.15, 0.2) is 58.9 Å². The second-order valence-electron chi connectivity index (χ2n) is 7.28. The topological polar surface area (TPSA) is 133 Å². The predicted molar refractivity (Wildman–Crippen MR) is 136 cm³/mol. The van der Waals surface area contributed by atoms with Crippen LogP contribution in [0.1, 0.15) is 20.7 Å². The van der Waals surface area contributed by atoms with Gasteiger partial charge in [-0.05, 0) is 48.6 Å². The molecule has 0 saturated heterocycles. The lowest BCUT2D eigenvalue weighted by Crippen LogP contribution is -2.08. The average Bonchev–Trinajstić information content (AvgIpc) is 2.97. The predicted octanol–water partition coefficient (Wildman–Crippen LogP) is 3.59. The molecule has 1 aliphatic carbocycles. The highest BCUT2D eigenvalue weighted by Gasteiger charge is 2.19. The highest BCUT2D eigenvalue weighted by molar-refractivity contribution is 6.18. The first-order valence-electron chi connectivity index (χ1n) is 10.9. The maximum atomic E-state index is 12.5. The van der Waals surface area contributed by atoms with Gasteiger partial charge in [0, 0.05) is 0 Å². The number of nitrogens with zero attached hydrogens (tertiary/aromatic N) is 2. The summed E-state index contributed by atoms with van der Waals surface area (Å²) in [5.74, 6) is 0.394. The normalized spacial score (nSPS) is 11.8. The van der Waals surface area contributed by atoms with E-state index in [0.717, 1.165) is 0 Å². The molecule has 0 N–H and O–H groups in total. The summed E-state index contributed by atoms with van der Waals surface area (Å²) in [6.07, 6.45) is 6.09. The van der Waals surface area contributed by atoms with Crippen LogP contribution < -0.4 is 28.4 Å².